The van der Waals surface area contributed by atoms with Crippen LogP contribution in [0.4, 0.5) is 14.5 Å². The number of hydrogen-bond acceptors (Lipinski definition) is 5. The molecule has 7 nitrogen and oxygen atoms in total. The van der Waals surface area contributed by atoms with Crippen LogP contribution in [-0.4, -0.2) is 26.5 Å². The summed E-state index contributed by atoms with van der Waals surface area (Å²) in [6.07, 6.45) is 0.308. The van der Waals surface area contributed by atoms with E-state index in [9.17, 15) is 27.3 Å². The fourth-order valence-electron chi connectivity index (χ4n) is 2.34. The second kappa shape index (κ2) is 8.19. The van der Waals surface area contributed by atoms with Gasteiger partial charge in [0.2, 0.25) is 10.0 Å². The minimum absolute atomic E-state index is 0.0107. The maximum Gasteiger partial charge on any atom is 0.387 e. The highest BCUT2D eigenvalue weighted by Gasteiger charge is 2.22. The molecule has 2 rings (SSSR count). The fraction of sp³-hybridized carbons (Fsp3) is 0.250. The van der Waals surface area contributed by atoms with Crippen molar-refractivity contribution in [1.82, 2.24) is 4.72 Å². The molecule has 0 spiro atoms. The van der Waals surface area contributed by atoms with Gasteiger partial charge in [0.05, 0.1) is 9.82 Å². The van der Waals surface area contributed by atoms with Crippen LogP contribution >= 0.6 is 0 Å². The number of nitro groups is 1. The Morgan fingerprint density at radius 1 is 1.19 bits per heavy atom. The molecule has 2 aromatic carbocycles. The zero-order valence-corrected chi connectivity index (χ0v) is 14.5. The number of nitrogens with zero attached hydrogens (tertiary/aromatic N) is 1. The van der Waals surface area contributed by atoms with E-state index in [1.165, 1.54) is 37.3 Å². The van der Waals surface area contributed by atoms with E-state index >= 15 is 0 Å². The van der Waals surface area contributed by atoms with Crippen LogP contribution in [0.5, 0.6) is 5.75 Å². The van der Waals surface area contributed by atoms with Crippen LogP contribution in [0.3, 0.4) is 0 Å². The lowest BCUT2D eigenvalue weighted by atomic mass is 10.1. The van der Waals surface area contributed by atoms with E-state index in [1.807, 2.05) is 0 Å². The Hall–Kier alpha value is -2.59. The molecule has 0 atom stereocenters. The molecule has 0 heterocycles. The molecule has 2 aromatic rings. The van der Waals surface area contributed by atoms with E-state index in [0.29, 0.717) is 12.0 Å². The quantitative estimate of drug-likeness (QED) is 0.555. The third-order valence-electron chi connectivity index (χ3n) is 3.60. The monoisotopic (exact) mass is 386 g/mol. The highest BCUT2D eigenvalue weighted by atomic mass is 32.2. The second-order valence-corrected chi connectivity index (χ2v) is 7.06. The van der Waals surface area contributed by atoms with Crippen molar-refractivity contribution < 1.29 is 26.9 Å². The van der Waals surface area contributed by atoms with Crippen molar-refractivity contribution in [2.24, 2.45) is 0 Å². The standard InChI is InChI=1S/C16H16F2N2O5S/c1-11-14(20(21)22)3-2-4-15(11)26(23,24)19-10-9-12-5-7-13(8-6-12)25-16(17)18/h2-8,16,19H,9-10H2,1H3. The van der Waals surface area contributed by atoms with Crippen molar-refractivity contribution in [3.63, 3.8) is 0 Å². The summed E-state index contributed by atoms with van der Waals surface area (Å²) in [6.45, 7) is -1.50. The van der Waals surface area contributed by atoms with E-state index in [2.05, 4.69) is 9.46 Å². The predicted octanol–water partition coefficient (Wildman–Crippen LogP) is 3.03. The lowest BCUT2D eigenvalue weighted by molar-refractivity contribution is -0.385. The molecule has 0 unspecified atom stereocenters. The number of rotatable bonds is 8. The molecular weight excluding hydrogens is 370 g/mol. The number of nitro benzene ring substituents is 1. The largest absolute Gasteiger partial charge is 0.435 e. The zero-order chi connectivity index (χ0) is 19.3. The summed E-state index contributed by atoms with van der Waals surface area (Å²) in [4.78, 5) is 10.1. The van der Waals surface area contributed by atoms with Crippen LogP contribution in [0.15, 0.2) is 47.4 Å². The topological polar surface area (TPSA) is 98.5 Å². The van der Waals surface area contributed by atoms with E-state index in [0.717, 1.165) is 0 Å². The van der Waals surface area contributed by atoms with Crippen LogP contribution in [0.2, 0.25) is 0 Å². The highest BCUT2D eigenvalue weighted by Crippen LogP contribution is 2.24. The average molecular weight is 386 g/mol. The molecule has 140 valence electrons. The van der Waals surface area contributed by atoms with Gasteiger partial charge in [-0.2, -0.15) is 8.78 Å². The Labute approximate surface area is 148 Å². The molecule has 0 aliphatic carbocycles. The molecule has 0 bridgehead atoms. The van der Waals surface area contributed by atoms with E-state index in [-0.39, 0.29) is 28.4 Å². The Bertz CT molecular complexity index is 886. The molecule has 0 amide bonds. The van der Waals surface area contributed by atoms with E-state index in [1.54, 1.807) is 12.1 Å². The molecular formula is C16H16F2N2O5S. The van der Waals surface area contributed by atoms with Crippen molar-refractivity contribution in [3.8, 4) is 5.75 Å². The van der Waals surface area contributed by atoms with E-state index < -0.39 is 21.6 Å². The predicted molar refractivity (Wildman–Crippen MR) is 89.8 cm³/mol. The summed E-state index contributed by atoms with van der Waals surface area (Å²) in [6, 6.07) is 9.65. The summed E-state index contributed by atoms with van der Waals surface area (Å²) >= 11 is 0. The fourth-order valence-corrected chi connectivity index (χ4v) is 3.63. The van der Waals surface area contributed by atoms with Gasteiger partial charge in [0.25, 0.3) is 5.69 Å². The highest BCUT2D eigenvalue weighted by molar-refractivity contribution is 7.89. The molecule has 0 aliphatic rings. The van der Waals surface area contributed by atoms with Gasteiger partial charge in [-0.05, 0) is 37.1 Å². The molecule has 0 radical (unpaired) electrons. The minimum Gasteiger partial charge on any atom is -0.435 e. The van der Waals surface area contributed by atoms with Crippen molar-refractivity contribution in [3.05, 3.63) is 63.7 Å². The number of alkyl halides is 2. The third kappa shape index (κ3) is 4.96. The number of nitrogens with one attached hydrogen (secondary N) is 1. The molecule has 0 aliphatic heterocycles. The van der Waals surface area contributed by atoms with Gasteiger partial charge < -0.3 is 4.74 Å². The van der Waals surface area contributed by atoms with Crippen molar-refractivity contribution in [2.45, 2.75) is 24.9 Å². The van der Waals surface area contributed by atoms with Crippen LogP contribution in [0.1, 0.15) is 11.1 Å². The number of sulfonamides is 1. The third-order valence-corrected chi connectivity index (χ3v) is 5.20. The second-order valence-electron chi connectivity index (χ2n) is 5.33. The van der Waals surface area contributed by atoms with Crippen molar-refractivity contribution in [1.29, 1.82) is 0 Å². The number of hydrogen-bond donors (Lipinski definition) is 1. The summed E-state index contributed by atoms with van der Waals surface area (Å²) in [5.41, 5.74) is 0.492. The lowest BCUT2D eigenvalue weighted by Gasteiger charge is -2.10. The summed E-state index contributed by atoms with van der Waals surface area (Å²) in [5.74, 6) is 0.0107. The van der Waals surface area contributed by atoms with Gasteiger partial charge in [-0.25, -0.2) is 13.1 Å². The van der Waals surface area contributed by atoms with Gasteiger partial charge in [0, 0.05) is 18.2 Å². The molecule has 10 heteroatoms. The van der Waals surface area contributed by atoms with Gasteiger partial charge in [-0.1, -0.05) is 18.2 Å². The first-order chi connectivity index (χ1) is 12.2. The average Bonchev–Trinajstić information content (AvgIpc) is 2.55. The first-order valence-corrected chi connectivity index (χ1v) is 8.96. The zero-order valence-electron chi connectivity index (χ0n) is 13.7. The Balaban J connectivity index is 2.03. The first kappa shape index (κ1) is 19.7. The SMILES string of the molecule is Cc1c([N+](=O)[O-])cccc1S(=O)(=O)NCCc1ccc(OC(F)F)cc1. The van der Waals surface area contributed by atoms with Gasteiger partial charge >= 0.3 is 6.61 Å². The van der Waals surface area contributed by atoms with Crippen LogP contribution < -0.4 is 9.46 Å². The smallest absolute Gasteiger partial charge is 0.387 e. The molecule has 0 aromatic heterocycles. The normalized spacial score (nSPS) is 11.5. The number of ether oxygens (including phenoxy) is 1. The molecule has 1 N–H and O–H groups in total. The van der Waals surface area contributed by atoms with Gasteiger partial charge in [-0.3, -0.25) is 10.1 Å². The lowest BCUT2D eigenvalue weighted by Crippen LogP contribution is -2.26. The van der Waals surface area contributed by atoms with Crippen molar-refractivity contribution >= 4 is 15.7 Å². The van der Waals surface area contributed by atoms with Gasteiger partial charge in [0.1, 0.15) is 5.75 Å². The van der Waals surface area contributed by atoms with Crippen LogP contribution in [-0.2, 0) is 16.4 Å². The maximum absolute atomic E-state index is 12.4. The summed E-state index contributed by atoms with van der Waals surface area (Å²) in [7, 11) is -3.92. The summed E-state index contributed by atoms with van der Waals surface area (Å²) < 4.78 is 55.5. The Morgan fingerprint density at radius 3 is 2.42 bits per heavy atom. The molecule has 0 fully saturated rings. The molecule has 0 saturated heterocycles. The van der Waals surface area contributed by atoms with E-state index in [4.69, 9.17) is 0 Å². The number of halogens is 2. The Kier molecular flexibility index (Phi) is 6.22. The van der Waals surface area contributed by atoms with Crippen LogP contribution in [0, 0.1) is 17.0 Å². The molecule has 0 saturated carbocycles. The van der Waals surface area contributed by atoms with Gasteiger partial charge in [-0.15, -0.1) is 0 Å². The van der Waals surface area contributed by atoms with Gasteiger partial charge in [0.15, 0.2) is 0 Å². The molecule has 26 heavy (non-hydrogen) atoms. The maximum atomic E-state index is 12.4. The van der Waals surface area contributed by atoms with Crippen molar-refractivity contribution in [2.75, 3.05) is 6.54 Å². The Morgan fingerprint density at radius 2 is 1.85 bits per heavy atom. The summed E-state index contributed by atoms with van der Waals surface area (Å²) in [5, 5.41) is 10.9. The first-order valence-electron chi connectivity index (χ1n) is 7.48. The minimum atomic E-state index is -3.92. The number of benzene rings is 2. The van der Waals surface area contributed by atoms with Crippen LogP contribution in [0.25, 0.3) is 0 Å².